The van der Waals surface area contributed by atoms with Crippen molar-refractivity contribution in [3.8, 4) is 5.75 Å². The molecule has 0 unspecified atom stereocenters. The number of esters is 1. The van der Waals surface area contributed by atoms with E-state index >= 15 is 0 Å². The lowest BCUT2D eigenvalue weighted by atomic mass is 10.1. The number of carbonyl (C=O) groups excluding carboxylic acids is 2. The van der Waals surface area contributed by atoms with Crippen LogP contribution >= 0.6 is 0 Å². The molecular weight excluding hydrogens is 322 g/mol. The zero-order valence-corrected chi connectivity index (χ0v) is 13.8. The molecule has 3 rings (SSSR count). The average molecular weight is 339 g/mol. The molecule has 0 aliphatic carbocycles. The molecule has 2 N–H and O–H groups in total. The number of anilines is 1. The van der Waals surface area contributed by atoms with Crippen LogP contribution in [-0.4, -0.2) is 36.1 Å². The molecule has 0 saturated heterocycles. The van der Waals surface area contributed by atoms with Gasteiger partial charge in [-0.2, -0.15) is 0 Å². The van der Waals surface area contributed by atoms with Crippen molar-refractivity contribution in [3.05, 3.63) is 53.9 Å². The molecule has 0 spiro atoms. The van der Waals surface area contributed by atoms with Crippen LogP contribution in [0.5, 0.6) is 5.75 Å². The summed E-state index contributed by atoms with van der Waals surface area (Å²) in [6.07, 6.45) is 1.75. The predicted molar refractivity (Wildman–Crippen MR) is 92.8 cm³/mol. The maximum absolute atomic E-state index is 12.2. The number of hydrogen-bond acceptors (Lipinski definition) is 5. The minimum Gasteiger partial charge on any atom is -0.497 e. The first-order valence-corrected chi connectivity index (χ1v) is 7.59. The summed E-state index contributed by atoms with van der Waals surface area (Å²) < 4.78 is 9.82. The Morgan fingerprint density at radius 1 is 1.20 bits per heavy atom. The number of nitrogens with one attached hydrogen (secondary N) is 2. The largest absolute Gasteiger partial charge is 0.497 e. The van der Waals surface area contributed by atoms with Gasteiger partial charge in [0.2, 0.25) is 5.91 Å². The molecule has 2 heterocycles. The van der Waals surface area contributed by atoms with E-state index < -0.39 is 5.97 Å². The molecule has 1 amide bonds. The molecule has 2 aromatic heterocycles. The van der Waals surface area contributed by atoms with Gasteiger partial charge in [0.15, 0.2) is 0 Å². The zero-order chi connectivity index (χ0) is 17.8. The Hall–Kier alpha value is -3.35. The van der Waals surface area contributed by atoms with E-state index in [0.29, 0.717) is 28.2 Å². The third-order valence-electron chi connectivity index (χ3n) is 3.66. The summed E-state index contributed by atoms with van der Waals surface area (Å²) in [6.45, 7) is 0. The lowest BCUT2D eigenvalue weighted by Gasteiger charge is -2.06. The fourth-order valence-electron chi connectivity index (χ4n) is 2.48. The number of hydrogen-bond donors (Lipinski definition) is 2. The van der Waals surface area contributed by atoms with Gasteiger partial charge in [0, 0.05) is 5.39 Å². The topological polar surface area (TPSA) is 93.3 Å². The van der Waals surface area contributed by atoms with Gasteiger partial charge in [-0.3, -0.25) is 4.79 Å². The second kappa shape index (κ2) is 7.04. The summed E-state index contributed by atoms with van der Waals surface area (Å²) in [7, 11) is 2.89. The van der Waals surface area contributed by atoms with Gasteiger partial charge in [-0.1, -0.05) is 12.1 Å². The third kappa shape index (κ3) is 3.77. The van der Waals surface area contributed by atoms with E-state index in [0.717, 1.165) is 5.56 Å². The van der Waals surface area contributed by atoms with Crippen molar-refractivity contribution in [2.75, 3.05) is 19.5 Å². The molecule has 7 nitrogen and oxygen atoms in total. The molecule has 0 bridgehead atoms. The quantitative estimate of drug-likeness (QED) is 0.697. The number of carbonyl (C=O) groups is 2. The van der Waals surface area contributed by atoms with Crippen LogP contribution in [0.4, 0.5) is 5.69 Å². The van der Waals surface area contributed by atoms with Gasteiger partial charge in [0.1, 0.15) is 17.1 Å². The number of amides is 1. The molecule has 0 atom stereocenters. The van der Waals surface area contributed by atoms with Crippen LogP contribution in [-0.2, 0) is 16.0 Å². The molecule has 7 heteroatoms. The third-order valence-corrected chi connectivity index (χ3v) is 3.66. The standard InChI is InChI=1S/C18H17N3O4/c1-24-14-5-3-4-11(6-14)7-16(22)20-13-8-12-9-15(18(23)25-2)21-17(12)19-10-13/h3-6,8-10H,7H2,1-2H3,(H,19,21)(H,20,22). The number of ether oxygens (including phenoxy) is 2. The van der Waals surface area contributed by atoms with E-state index in [4.69, 9.17) is 4.74 Å². The minimum atomic E-state index is -0.471. The second-order valence-electron chi connectivity index (χ2n) is 5.41. The van der Waals surface area contributed by atoms with Crippen molar-refractivity contribution in [1.29, 1.82) is 0 Å². The van der Waals surface area contributed by atoms with E-state index in [2.05, 4.69) is 20.0 Å². The fourth-order valence-corrected chi connectivity index (χ4v) is 2.48. The Morgan fingerprint density at radius 2 is 2.04 bits per heavy atom. The Morgan fingerprint density at radius 3 is 2.80 bits per heavy atom. The lowest BCUT2D eigenvalue weighted by Crippen LogP contribution is -2.14. The van der Waals surface area contributed by atoms with E-state index in [1.54, 1.807) is 19.2 Å². The van der Waals surface area contributed by atoms with Gasteiger partial charge in [0.25, 0.3) is 0 Å². The van der Waals surface area contributed by atoms with Gasteiger partial charge in [-0.05, 0) is 29.8 Å². The number of nitrogens with zero attached hydrogens (tertiary/aromatic N) is 1. The number of methoxy groups -OCH3 is 2. The predicted octanol–water partition coefficient (Wildman–Crippen LogP) is 2.54. The van der Waals surface area contributed by atoms with Gasteiger partial charge in [-0.15, -0.1) is 0 Å². The molecule has 3 aromatic rings. The zero-order valence-electron chi connectivity index (χ0n) is 13.8. The summed E-state index contributed by atoms with van der Waals surface area (Å²) in [5, 5.41) is 3.51. The Labute approximate surface area is 144 Å². The molecule has 0 radical (unpaired) electrons. The number of benzene rings is 1. The number of aromatic nitrogens is 2. The fraction of sp³-hybridized carbons (Fsp3) is 0.167. The van der Waals surface area contributed by atoms with E-state index in [1.807, 2.05) is 24.3 Å². The summed E-state index contributed by atoms with van der Waals surface area (Å²) in [5.74, 6) is 0.0655. The molecular formula is C18H17N3O4. The van der Waals surface area contributed by atoms with Crippen molar-refractivity contribution >= 4 is 28.6 Å². The van der Waals surface area contributed by atoms with Crippen LogP contribution in [0.25, 0.3) is 11.0 Å². The number of rotatable bonds is 5. The minimum absolute atomic E-state index is 0.168. The molecule has 0 aliphatic rings. The van der Waals surface area contributed by atoms with Crippen LogP contribution in [0.1, 0.15) is 16.1 Å². The highest BCUT2D eigenvalue weighted by atomic mass is 16.5. The number of aromatic amines is 1. The summed E-state index contributed by atoms with van der Waals surface area (Å²) in [4.78, 5) is 30.8. The second-order valence-corrected chi connectivity index (χ2v) is 5.41. The molecule has 0 fully saturated rings. The first kappa shape index (κ1) is 16.5. The molecule has 0 saturated carbocycles. The number of H-pyrrole nitrogens is 1. The highest BCUT2D eigenvalue weighted by Crippen LogP contribution is 2.19. The van der Waals surface area contributed by atoms with Gasteiger partial charge in [0.05, 0.1) is 32.5 Å². The van der Waals surface area contributed by atoms with E-state index in [-0.39, 0.29) is 12.3 Å². The Balaban J connectivity index is 1.73. The van der Waals surface area contributed by atoms with Crippen LogP contribution in [0.15, 0.2) is 42.6 Å². The van der Waals surface area contributed by atoms with Crippen molar-refractivity contribution in [2.24, 2.45) is 0 Å². The molecule has 1 aromatic carbocycles. The summed E-state index contributed by atoms with van der Waals surface area (Å²) >= 11 is 0. The van der Waals surface area contributed by atoms with Gasteiger partial charge >= 0.3 is 5.97 Å². The number of fused-ring (bicyclic) bond motifs is 1. The van der Waals surface area contributed by atoms with Crippen LogP contribution in [0, 0.1) is 0 Å². The molecule has 25 heavy (non-hydrogen) atoms. The van der Waals surface area contributed by atoms with Crippen LogP contribution in [0.3, 0.4) is 0 Å². The first-order valence-electron chi connectivity index (χ1n) is 7.59. The van der Waals surface area contributed by atoms with Crippen LogP contribution < -0.4 is 10.1 Å². The highest BCUT2D eigenvalue weighted by molar-refractivity contribution is 5.97. The summed E-state index contributed by atoms with van der Waals surface area (Å²) in [5.41, 5.74) is 2.26. The maximum Gasteiger partial charge on any atom is 0.354 e. The van der Waals surface area contributed by atoms with Crippen molar-refractivity contribution in [1.82, 2.24) is 9.97 Å². The van der Waals surface area contributed by atoms with E-state index in [1.165, 1.54) is 13.3 Å². The van der Waals surface area contributed by atoms with Crippen molar-refractivity contribution in [3.63, 3.8) is 0 Å². The van der Waals surface area contributed by atoms with Gasteiger partial charge in [-0.25, -0.2) is 9.78 Å². The Bertz CT molecular complexity index is 933. The van der Waals surface area contributed by atoms with Crippen molar-refractivity contribution < 1.29 is 19.1 Å². The monoisotopic (exact) mass is 339 g/mol. The SMILES string of the molecule is COC(=O)c1cc2cc(NC(=O)Cc3cccc(OC)c3)cnc2[nH]1. The average Bonchev–Trinajstić information content (AvgIpc) is 3.04. The van der Waals surface area contributed by atoms with E-state index in [9.17, 15) is 9.59 Å². The van der Waals surface area contributed by atoms with Crippen LogP contribution in [0.2, 0.25) is 0 Å². The normalized spacial score (nSPS) is 10.5. The highest BCUT2D eigenvalue weighted by Gasteiger charge is 2.11. The van der Waals surface area contributed by atoms with Crippen molar-refractivity contribution in [2.45, 2.75) is 6.42 Å². The Kier molecular flexibility index (Phi) is 4.65. The molecule has 128 valence electrons. The smallest absolute Gasteiger partial charge is 0.354 e. The lowest BCUT2D eigenvalue weighted by molar-refractivity contribution is -0.115. The van der Waals surface area contributed by atoms with Gasteiger partial charge < -0.3 is 19.8 Å². The summed E-state index contributed by atoms with van der Waals surface area (Å²) in [6, 6.07) is 10.7. The molecule has 0 aliphatic heterocycles. The number of pyridine rings is 1. The maximum atomic E-state index is 12.2. The first-order chi connectivity index (χ1) is 12.1.